The van der Waals surface area contributed by atoms with Gasteiger partial charge in [0.25, 0.3) is 0 Å². The van der Waals surface area contributed by atoms with E-state index in [1.165, 1.54) is 6.07 Å². The summed E-state index contributed by atoms with van der Waals surface area (Å²) in [5.74, 6) is -2.16. The van der Waals surface area contributed by atoms with E-state index in [-0.39, 0.29) is 11.9 Å². The van der Waals surface area contributed by atoms with E-state index in [9.17, 15) is 13.9 Å². The minimum Gasteiger partial charge on any atom is -0.492 e. The van der Waals surface area contributed by atoms with Crippen LogP contribution in [0.4, 0.5) is 13.9 Å². The molecule has 3 rings (SSSR count). The number of aromatic hydroxyl groups is 1. The van der Waals surface area contributed by atoms with E-state index in [1.54, 1.807) is 0 Å². The summed E-state index contributed by atoms with van der Waals surface area (Å²) in [4.78, 5) is 4.36. The Morgan fingerprint density at radius 2 is 1.88 bits per heavy atom. The molecule has 1 aromatic heterocycles. The Hall–Kier alpha value is -2.22. The molecular weight excluding hydrogens is 380 g/mol. The van der Waals surface area contributed by atoms with Crippen LogP contribution in [0, 0.1) is 11.6 Å². The van der Waals surface area contributed by atoms with Crippen molar-refractivity contribution in [2.75, 3.05) is 11.9 Å². The maximum atomic E-state index is 13.4. The quantitative estimate of drug-likeness (QED) is 0.577. The van der Waals surface area contributed by atoms with Crippen LogP contribution >= 0.6 is 22.9 Å². The van der Waals surface area contributed by atoms with Crippen molar-refractivity contribution < 1.29 is 13.9 Å². The zero-order valence-corrected chi connectivity index (χ0v) is 15.1. The molecule has 0 amide bonds. The summed E-state index contributed by atoms with van der Waals surface area (Å²) in [5.41, 5.74) is 7.53. The van der Waals surface area contributed by atoms with Crippen molar-refractivity contribution in [1.29, 1.82) is 0 Å². The van der Waals surface area contributed by atoms with Gasteiger partial charge in [0.2, 0.25) is 5.88 Å². The first-order valence-electron chi connectivity index (χ1n) is 7.81. The van der Waals surface area contributed by atoms with E-state index in [4.69, 9.17) is 17.3 Å². The number of nitrogens with two attached hydrogens (primary N) is 1. The summed E-state index contributed by atoms with van der Waals surface area (Å²) in [6.07, 6.45) is 0.650. The molecule has 0 fully saturated rings. The Bertz CT molecular complexity index is 902. The van der Waals surface area contributed by atoms with Gasteiger partial charge < -0.3 is 16.2 Å². The van der Waals surface area contributed by atoms with Gasteiger partial charge >= 0.3 is 0 Å². The summed E-state index contributed by atoms with van der Waals surface area (Å²) >= 11 is 7.00. The van der Waals surface area contributed by atoms with Crippen molar-refractivity contribution in [1.82, 2.24) is 4.98 Å². The molecule has 4 nitrogen and oxygen atoms in total. The Morgan fingerprint density at radius 1 is 1.15 bits per heavy atom. The molecule has 0 aliphatic rings. The first-order chi connectivity index (χ1) is 12.4. The van der Waals surface area contributed by atoms with Gasteiger partial charge in [-0.05, 0) is 36.2 Å². The minimum absolute atomic E-state index is 0.172. The molecule has 0 spiro atoms. The van der Waals surface area contributed by atoms with Gasteiger partial charge in [0.05, 0.1) is 4.88 Å². The second-order valence-electron chi connectivity index (χ2n) is 5.77. The number of nitrogens with one attached hydrogen (secondary N) is 1. The maximum Gasteiger partial charge on any atom is 0.232 e. The lowest BCUT2D eigenvalue weighted by Crippen LogP contribution is -2.31. The summed E-state index contributed by atoms with van der Waals surface area (Å²) < 4.78 is 26.4. The topological polar surface area (TPSA) is 71.2 Å². The van der Waals surface area contributed by atoms with Gasteiger partial charge in [-0.25, -0.2) is 8.78 Å². The van der Waals surface area contributed by atoms with Crippen LogP contribution in [0.2, 0.25) is 5.02 Å². The van der Waals surface area contributed by atoms with Gasteiger partial charge in [-0.1, -0.05) is 41.1 Å². The van der Waals surface area contributed by atoms with Crippen LogP contribution in [-0.2, 0) is 6.42 Å². The minimum atomic E-state index is -0.977. The number of rotatable bonds is 6. The lowest BCUT2D eigenvalue weighted by Gasteiger charge is -2.12. The number of thiazole rings is 1. The molecule has 8 heteroatoms. The maximum absolute atomic E-state index is 13.4. The van der Waals surface area contributed by atoms with E-state index >= 15 is 0 Å². The zero-order chi connectivity index (χ0) is 18.7. The molecule has 4 N–H and O–H groups in total. The fraction of sp³-hybridized carbons (Fsp3) is 0.167. The first-order valence-corrected chi connectivity index (χ1v) is 9.01. The lowest BCUT2D eigenvalue weighted by molar-refractivity contribution is 0.459. The highest BCUT2D eigenvalue weighted by Crippen LogP contribution is 2.37. The second kappa shape index (κ2) is 7.99. The number of hydrogen-bond donors (Lipinski definition) is 3. The Kier molecular flexibility index (Phi) is 5.70. The van der Waals surface area contributed by atoms with Crippen molar-refractivity contribution in [3.05, 3.63) is 64.7 Å². The molecule has 0 aliphatic carbocycles. The summed E-state index contributed by atoms with van der Waals surface area (Å²) in [6, 6.07) is 10.7. The van der Waals surface area contributed by atoms with Crippen molar-refractivity contribution in [2.24, 2.45) is 5.73 Å². The molecule has 0 radical (unpaired) electrons. The van der Waals surface area contributed by atoms with E-state index in [0.29, 0.717) is 33.6 Å². The van der Waals surface area contributed by atoms with Crippen molar-refractivity contribution in [3.63, 3.8) is 0 Å². The second-order valence-corrected chi connectivity index (χ2v) is 7.21. The third-order valence-corrected chi connectivity index (χ3v) is 5.02. The van der Waals surface area contributed by atoms with Gasteiger partial charge in [0.1, 0.15) is 0 Å². The Balaban J connectivity index is 1.63. The van der Waals surface area contributed by atoms with Gasteiger partial charge in [0.15, 0.2) is 16.8 Å². The standard InChI is InChI=1S/C18H16ClF2N3OS/c19-12-4-1-10(2-5-12)7-13(22)9-23-18-24-17(25)16(26-18)11-3-6-14(20)15(21)8-11/h1-6,8,13,25H,7,9,22H2,(H,23,24)/t13-/m1/s1. The van der Waals surface area contributed by atoms with Crippen LogP contribution in [0.15, 0.2) is 42.5 Å². The zero-order valence-electron chi connectivity index (χ0n) is 13.5. The highest BCUT2D eigenvalue weighted by atomic mass is 35.5. The predicted octanol–water partition coefficient (Wildman–Crippen LogP) is 4.43. The predicted molar refractivity (Wildman–Crippen MR) is 101 cm³/mol. The van der Waals surface area contributed by atoms with Crippen LogP contribution in [0.5, 0.6) is 5.88 Å². The van der Waals surface area contributed by atoms with E-state index in [0.717, 1.165) is 29.0 Å². The van der Waals surface area contributed by atoms with E-state index in [2.05, 4.69) is 10.3 Å². The summed E-state index contributed by atoms with van der Waals surface area (Å²) in [6.45, 7) is 0.437. The van der Waals surface area contributed by atoms with Crippen LogP contribution in [0.25, 0.3) is 10.4 Å². The normalized spacial score (nSPS) is 12.2. The van der Waals surface area contributed by atoms with Crippen LogP contribution in [0.3, 0.4) is 0 Å². The molecule has 0 unspecified atom stereocenters. The number of aromatic nitrogens is 1. The number of hydrogen-bond acceptors (Lipinski definition) is 5. The van der Waals surface area contributed by atoms with Gasteiger partial charge in [-0.3, -0.25) is 0 Å². The van der Waals surface area contributed by atoms with Crippen LogP contribution in [0.1, 0.15) is 5.56 Å². The van der Waals surface area contributed by atoms with Gasteiger partial charge in [-0.2, -0.15) is 4.98 Å². The SMILES string of the molecule is N[C@@H](CNc1nc(O)c(-c2ccc(F)c(F)c2)s1)Cc1ccc(Cl)cc1. The van der Waals surface area contributed by atoms with Crippen molar-refractivity contribution in [3.8, 4) is 16.3 Å². The molecule has 0 aliphatic heterocycles. The largest absolute Gasteiger partial charge is 0.492 e. The molecule has 3 aromatic rings. The lowest BCUT2D eigenvalue weighted by atomic mass is 10.1. The van der Waals surface area contributed by atoms with Crippen molar-refractivity contribution in [2.45, 2.75) is 12.5 Å². The molecule has 2 aromatic carbocycles. The highest BCUT2D eigenvalue weighted by molar-refractivity contribution is 7.19. The third-order valence-electron chi connectivity index (χ3n) is 3.72. The first kappa shape index (κ1) is 18.6. The number of anilines is 1. The summed E-state index contributed by atoms with van der Waals surface area (Å²) in [5, 5.41) is 14.2. The number of benzene rings is 2. The third kappa shape index (κ3) is 4.49. The van der Waals surface area contributed by atoms with E-state index < -0.39 is 11.6 Å². The van der Waals surface area contributed by atoms with Crippen LogP contribution in [-0.4, -0.2) is 22.7 Å². The fourth-order valence-corrected chi connectivity index (χ4v) is 3.42. The van der Waals surface area contributed by atoms with Gasteiger partial charge in [0, 0.05) is 23.2 Å². The molecular formula is C18H16ClF2N3OS. The van der Waals surface area contributed by atoms with E-state index in [1.807, 2.05) is 24.3 Å². The summed E-state index contributed by atoms with van der Waals surface area (Å²) in [7, 11) is 0. The molecule has 136 valence electrons. The molecule has 0 bridgehead atoms. The van der Waals surface area contributed by atoms with Crippen LogP contribution < -0.4 is 11.1 Å². The molecule has 0 saturated carbocycles. The Labute approximate surface area is 158 Å². The molecule has 1 heterocycles. The van der Waals surface area contributed by atoms with Crippen molar-refractivity contribution >= 4 is 28.1 Å². The highest BCUT2D eigenvalue weighted by Gasteiger charge is 2.15. The fourth-order valence-electron chi connectivity index (χ4n) is 2.43. The average Bonchev–Trinajstić information content (AvgIpc) is 2.98. The van der Waals surface area contributed by atoms with Gasteiger partial charge in [-0.15, -0.1) is 0 Å². The molecule has 1 atom stereocenters. The Morgan fingerprint density at radius 3 is 2.58 bits per heavy atom. The average molecular weight is 396 g/mol. The number of nitrogens with zero attached hydrogens (tertiary/aromatic N) is 1. The smallest absolute Gasteiger partial charge is 0.232 e. The molecule has 0 saturated heterocycles. The molecule has 26 heavy (non-hydrogen) atoms. The number of halogens is 3. The monoisotopic (exact) mass is 395 g/mol.